The number of aromatic nitrogens is 2. The molecule has 1 aliphatic rings. The number of carbonyl (C=O) groups is 1. The first-order chi connectivity index (χ1) is 21.7. The first-order valence-electron chi connectivity index (χ1n) is 15.4. The average molecular weight is 624 g/mol. The molecule has 0 aliphatic carbocycles. The SMILES string of the molecule is CCCN(CC)CCC(CC)Cc1cc2c3c(cnc2[nH]1)CN(c1c(F)c(OC)cc(OC)c1F)C(=O)N3c1cccc(F)c1. The summed E-state index contributed by atoms with van der Waals surface area (Å²) in [5, 5.41) is 0.667. The van der Waals surface area contributed by atoms with Crippen molar-refractivity contribution in [2.24, 2.45) is 5.92 Å². The van der Waals surface area contributed by atoms with Crippen molar-refractivity contribution in [2.75, 3.05) is 43.7 Å². The molecule has 3 heterocycles. The van der Waals surface area contributed by atoms with Gasteiger partial charge in [-0.15, -0.1) is 0 Å². The number of halogens is 3. The predicted octanol–water partition coefficient (Wildman–Crippen LogP) is 7.97. The largest absolute Gasteiger partial charge is 0.493 e. The number of ether oxygens (including phenoxy) is 2. The number of rotatable bonds is 13. The van der Waals surface area contributed by atoms with E-state index in [4.69, 9.17) is 9.47 Å². The van der Waals surface area contributed by atoms with Crippen LogP contribution in [0.5, 0.6) is 11.5 Å². The van der Waals surface area contributed by atoms with E-state index in [0.29, 0.717) is 28.2 Å². The Morgan fingerprint density at radius 3 is 2.36 bits per heavy atom. The number of methoxy groups -OCH3 is 2. The third-order valence-corrected chi connectivity index (χ3v) is 8.55. The number of nitrogens with zero attached hydrogens (tertiary/aromatic N) is 4. The molecule has 2 aromatic heterocycles. The first-order valence-corrected chi connectivity index (χ1v) is 15.4. The van der Waals surface area contributed by atoms with Crippen LogP contribution in [0.2, 0.25) is 0 Å². The maximum absolute atomic E-state index is 15.7. The van der Waals surface area contributed by atoms with Gasteiger partial charge >= 0.3 is 6.03 Å². The number of fused-ring (bicyclic) bond motifs is 3. The molecule has 4 aromatic rings. The molecule has 1 unspecified atom stereocenters. The van der Waals surface area contributed by atoms with Crippen molar-refractivity contribution < 1.29 is 27.4 Å². The molecule has 1 N–H and O–H groups in total. The van der Waals surface area contributed by atoms with E-state index in [0.717, 1.165) is 62.0 Å². The minimum atomic E-state index is -1.06. The van der Waals surface area contributed by atoms with Gasteiger partial charge in [0.15, 0.2) is 23.1 Å². The van der Waals surface area contributed by atoms with Crippen LogP contribution in [-0.2, 0) is 13.0 Å². The zero-order valence-corrected chi connectivity index (χ0v) is 26.4. The summed E-state index contributed by atoms with van der Waals surface area (Å²) in [6.45, 7) is 9.50. The minimum Gasteiger partial charge on any atom is -0.493 e. The Hall–Kier alpha value is -4.25. The topological polar surface area (TPSA) is 73.9 Å². The fourth-order valence-electron chi connectivity index (χ4n) is 6.11. The Bertz CT molecular complexity index is 1650. The number of amides is 2. The van der Waals surface area contributed by atoms with Crippen LogP contribution in [0, 0.1) is 23.4 Å². The second-order valence-corrected chi connectivity index (χ2v) is 11.3. The fraction of sp³-hybridized carbons (Fsp3) is 0.412. The average Bonchev–Trinajstić information content (AvgIpc) is 3.45. The van der Waals surface area contributed by atoms with Gasteiger partial charge in [-0.1, -0.05) is 33.3 Å². The summed E-state index contributed by atoms with van der Waals surface area (Å²) in [6.07, 6.45) is 5.55. The Kier molecular flexibility index (Phi) is 9.86. The number of carbonyl (C=O) groups excluding carboxylic acids is 1. The Balaban J connectivity index is 1.59. The van der Waals surface area contributed by atoms with E-state index in [1.807, 2.05) is 6.07 Å². The zero-order valence-electron chi connectivity index (χ0n) is 26.4. The number of hydrogen-bond donors (Lipinski definition) is 1. The summed E-state index contributed by atoms with van der Waals surface area (Å²) in [5.74, 6) is -2.82. The Labute approximate surface area is 261 Å². The first kappa shape index (κ1) is 32.2. The number of nitrogens with one attached hydrogen (secondary N) is 1. The fourth-order valence-corrected chi connectivity index (χ4v) is 6.11. The Morgan fingerprint density at radius 2 is 1.73 bits per heavy atom. The van der Waals surface area contributed by atoms with Gasteiger partial charge in [-0.25, -0.2) is 22.9 Å². The second kappa shape index (κ2) is 13.8. The van der Waals surface area contributed by atoms with Gasteiger partial charge in [-0.2, -0.15) is 0 Å². The number of benzene rings is 2. The molecule has 1 atom stereocenters. The highest BCUT2D eigenvalue weighted by atomic mass is 19.1. The molecule has 2 aromatic carbocycles. The summed E-state index contributed by atoms with van der Waals surface area (Å²) in [4.78, 5) is 27.1. The molecule has 0 fully saturated rings. The van der Waals surface area contributed by atoms with Crippen molar-refractivity contribution in [1.29, 1.82) is 0 Å². The smallest absolute Gasteiger partial charge is 0.334 e. The monoisotopic (exact) mass is 623 g/mol. The van der Waals surface area contributed by atoms with Gasteiger partial charge in [-0.3, -0.25) is 9.80 Å². The molecule has 5 rings (SSSR count). The minimum absolute atomic E-state index is 0.185. The molecule has 0 bridgehead atoms. The maximum Gasteiger partial charge on any atom is 0.334 e. The van der Waals surface area contributed by atoms with Crippen molar-refractivity contribution in [3.8, 4) is 11.5 Å². The van der Waals surface area contributed by atoms with E-state index in [1.165, 1.54) is 37.3 Å². The van der Waals surface area contributed by atoms with Crippen molar-refractivity contribution in [3.05, 3.63) is 71.3 Å². The predicted molar refractivity (Wildman–Crippen MR) is 170 cm³/mol. The van der Waals surface area contributed by atoms with E-state index in [1.54, 1.807) is 12.3 Å². The molecule has 8 nitrogen and oxygen atoms in total. The van der Waals surface area contributed by atoms with Crippen LogP contribution in [0.1, 0.15) is 51.3 Å². The van der Waals surface area contributed by atoms with Gasteiger partial charge < -0.3 is 19.4 Å². The summed E-state index contributed by atoms with van der Waals surface area (Å²) in [5.41, 5.74) is 2.13. The number of urea groups is 1. The van der Waals surface area contributed by atoms with Crippen molar-refractivity contribution in [1.82, 2.24) is 14.9 Å². The molecule has 2 amide bonds. The van der Waals surface area contributed by atoms with Crippen LogP contribution in [0.3, 0.4) is 0 Å². The lowest BCUT2D eigenvalue weighted by Crippen LogP contribution is -2.46. The van der Waals surface area contributed by atoms with Gasteiger partial charge in [0.25, 0.3) is 0 Å². The molecule has 45 heavy (non-hydrogen) atoms. The number of pyridine rings is 1. The number of anilines is 3. The summed E-state index contributed by atoms with van der Waals surface area (Å²) < 4.78 is 56.1. The standard InChI is InChI=1S/C34H40F3N5O3/c1-6-13-40(8-3)14-12-21(7-2)15-24-17-26-31-22(19-38-33(26)39-24)20-41(34(43)42(31)25-11-9-10-23(35)16-25)32-29(36)27(44-4)18-28(45-5)30(32)37/h9-11,16-19,21H,6-8,12-15,20H2,1-5H3,(H,38,39). The van der Waals surface area contributed by atoms with Crippen LogP contribution in [0.4, 0.5) is 35.0 Å². The van der Waals surface area contributed by atoms with Crippen LogP contribution in [0.15, 0.2) is 42.6 Å². The lowest BCUT2D eigenvalue weighted by molar-refractivity contribution is 0.251. The molecule has 1 aliphatic heterocycles. The molecule has 0 spiro atoms. The lowest BCUT2D eigenvalue weighted by atomic mass is 9.96. The van der Waals surface area contributed by atoms with Gasteiger partial charge in [0.05, 0.1) is 32.1 Å². The van der Waals surface area contributed by atoms with E-state index in [2.05, 4.69) is 35.6 Å². The van der Waals surface area contributed by atoms with Crippen molar-refractivity contribution in [3.63, 3.8) is 0 Å². The quantitative estimate of drug-likeness (QED) is 0.164. The zero-order chi connectivity index (χ0) is 32.2. The third-order valence-electron chi connectivity index (χ3n) is 8.55. The summed E-state index contributed by atoms with van der Waals surface area (Å²) >= 11 is 0. The van der Waals surface area contributed by atoms with E-state index in [-0.39, 0.29) is 23.7 Å². The van der Waals surface area contributed by atoms with Crippen LogP contribution in [0.25, 0.3) is 11.0 Å². The number of hydrogen-bond acceptors (Lipinski definition) is 5. The molecule has 0 radical (unpaired) electrons. The lowest BCUT2D eigenvalue weighted by Gasteiger charge is -2.37. The molecule has 11 heteroatoms. The van der Waals surface area contributed by atoms with Gasteiger partial charge in [-0.05, 0) is 69.1 Å². The van der Waals surface area contributed by atoms with E-state index < -0.39 is 29.2 Å². The third kappa shape index (κ3) is 6.31. The number of aromatic amines is 1. The Morgan fingerprint density at radius 1 is 1.00 bits per heavy atom. The molecular weight excluding hydrogens is 583 g/mol. The second-order valence-electron chi connectivity index (χ2n) is 11.3. The summed E-state index contributed by atoms with van der Waals surface area (Å²) in [6, 6.07) is 7.85. The molecule has 0 saturated carbocycles. The molecular formula is C34H40F3N5O3. The van der Waals surface area contributed by atoms with E-state index >= 15 is 8.78 Å². The van der Waals surface area contributed by atoms with Crippen molar-refractivity contribution in [2.45, 2.75) is 53.0 Å². The number of H-pyrrole nitrogens is 1. The van der Waals surface area contributed by atoms with Crippen LogP contribution >= 0.6 is 0 Å². The molecule has 240 valence electrons. The highest BCUT2D eigenvalue weighted by molar-refractivity contribution is 6.15. The highest BCUT2D eigenvalue weighted by Gasteiger charge is 2.39. The van der Waals surface area contributed by atoms with Gasteiger partial charge in [0.1, 0.15) is 17.2 Å². The highest BCUT2D eigenvalue weighted by Crippen LogP contribution is 2.45. The molecule has 0 saturated heterocycles. The maximum atomic E-state index is 15.7. The normalized spacial score (nSPS) is 13.9. The van der Waals surface area contributed by atoms with Crippen molar-refractivity contribution >= 4 is 34.1 Å². The van der Waals surface area contributed by atoms with Crippen LogP contribution < -0.4 is 19.3 Å². The summed E-state index contributed by atoms with van der Waals surface area (Å²) in [7, 11) is 2.48. The van der Waals surface area contributed by atoms with E-state index in [9.17, 15) is 9.18 Å². The van der Waals surface area contributed by atoms with Crippen LogP contribution in [-0.4, -0.2) is 54.8 Å². The van der Waals surface area contributed by atoms with Gasteiger partial charge in [0.2, 0.25) is 0 Å². The van der Waals surface area contributed by atoms with Gasteiger partial charge in [0, 0.05) is 28.9 Å².